The highest BCUT2D eigenvalue weighted by molar-refractivity contribution is 6.66. The summed E-state index contributed by atoms with van der Waals surface area (Å²) in [7, 11) is 1.84. The molecule has 0 aromatic heterocycles. The Bertz CT molecular complexity index is 312. The second-order valence-corrected chi connectivity index (χ2v) is 3.64. The zero-order valence-corrected chi connectivity index (χ0v) is 11.6. The van der Waals surface area contributed by atoms with Crippen LogP contribution in [0.3, 0.4) is 0 Å². The molecule has 0 unspecified atom stereocenters. The highest BCUT2D eigenvalue weighted by Crippen LogP contribution is 2.08. The summed E-state index contributed by atoms with van der Waals surface area (Å²) >= 11 is 0. The number of aryl methyl sites for hydroxylation is 1. The number of hydrogen-bond donors (Lipinski definition) is 0. The summed E-state index contributed by atoms with van der Waals surface area (Å²) in [6.07, 6.45) is 0. The topological polar surface area (TPSA) is 55.4 Å². The second kappa shape index (κ2) is 9.14. The van der Waals surface area contributed by atoms with Gasteiger partial charge in [0.1, 0.15) is 0 Å². The highest BCUT2D eigenvalue weighted by atomic mass is 16.9. The van der Waals surface area contributed by atoms with Gasteiger partial charge < -0.3 is 27.7 Å². The average Bonchev–Trinajstić information content (AvgIpc) is 2.48. The van der Waals surface area contributed by atoms with E-state index in [4.69, 9.17) is 27.7 Å². The van der Waals surface area contributed by atoms with Crippen molar-refractivity contribution >= 4 is 22.0 Å². The van der Waals surface area contributed by atoms with Gasteiger partial charge in [0.15, 0.2) is 0 Å². The van der Waals surface area contributed by atoms with E-state index < -0.39 is 22.0 Å². The second-order valence-electron chi connectivity index (χ2n) is 3.64. The molecule has 1 aliphatic heterocycles. The first-order valence-corrected chi connectivity index (χ1v) is 5.76. The molecule has 1 aromatic carbocycles. The fraction of sp³-hybridized carbons (Fsp3) is 0.400. The summed E-state index contributed by atoms with van der Waals surface area (Å²) in [6, 6.07) is 10.3. The molecule has 0 aliphatic carbocycles. The van der Waals surface area contributed by atoms with Gasteiger partial charge in [0, 0.05) is 21.3 Å². The fourth-order valence-corrected chi connectivity index (χ4v) is 1.24. The van der Waals surface area contributed by atoms with E-state index in [0.29, 0.717) is 0 Å². The maximum absolute atomic E-state index is 4.95. The van der Waals surface area contributed by atoms with E-state index in [0.717, 1.165) is 0 Å². The van der Waals surface area contributed by atoms with Crippen LogP contribution in [-0.2, 0) is 27.7 Å². The minimum atomic E-state index is -0.825. The van der Waals surface area contributed by atoms with Crippen LogP contribution in [0.1, 0.15) is 5.56 Å². The maximum Gasteiger partial charge on any atom is 0.615 e. The molecule has 1 aliphatic rings. The molecule has 6 nitrogen and oxygen atoms in total. The standard InChI is InChI=1S/C7H8.C3H9B3O6/c1-7-5-3-2-4-6-7;1-7-4-10-5(8-2)12-6(9-3)11-4/h2-6H,1H3;1-3H3. The van der Waals surface area contributed by atoms with Crippen molar-refractivity contribution in [3.05, 3.63) is 35.9 Å². The van der Waals surface area contributed by atoms with Crippen molar-refractivity contribution in [2.45, 2.75) is 6.92 Å². The van der Waals surface area contributed by atoms with E-state index in [2.05, 4.69) is 19.1 Å². The van der Waals surface area contributed by atoms with E-state index in [1.165, 1.54) is 26.9 Å². The number of rotatable bonds is 3. The zero-order valence-electron chi connectivity index (χ0n) is 11.6. The van der Waals surface area contributed by atoms with Crippen LogP contribution in [0.5, 0.6) is 0 Å². The molecule has 0 radical (unpaired) electrons. The van der Waals surface area contributed by atoms with Crippen LogP contribution in [-0.4, -0.2) is 43.3 Å². The average molecular weight is 266 g/mol. The largest absolute Gasteiger partial charge is 0.615 e. The SMILES string of the molecule is COB1OB(OC)OB(OC)O1.Cc1ccccc1. The smallest absolute Gasteiger partial charge is 0.400 e. The lowest BCUT2D eigenvalue weighted by molar-refractivity contribution is 0.0959. The molecule has 1 heterocycles. The Hall–Kier alpha value is -0.825. The van der Waals surface area contributed by atoms with Crippen molar-refractivity contribution in [1.82, 2.24) is 0 Å². The molecule has 1 saturated heterocycles. The predicted molar refractivity (Wildman–Crippen MR) is 72.7 cm³/mol. The lowest BCUT2D eigenvalue weighted by atomic mass is 9.97. The third kappa shape index (κ3) is 6.24. The van der Waals surface area contributed by atoms with Crippen LogP contribution in [0.15, 0.2) is 30.3 Å². The first-order valence-electron chi connectivity index (χ1n) is 5.76. The van der Waals surface area contributed by atoms with Gasteiger partial charge in [0.25, 0.3) is 0 Å². The van der Waals surface area contributed by atoms with E-state index in [1.54, 1.807) is 0 Å². The van der Waals surface area contributed by atoms with Crippen LogP contribution in [0.2, 0.25) is 0 Å². The summed E-state index contributed by atoms with van der Waals surface area (Å²) in [6.45, 7) is 2.08. The lowest BCUT2D eigenvalue weighted by Crippen LogP contribution is -2.51. The van der Waals surface area contributed by atoms with Crippen LogP contribution in [0.4, 0.5) is 0 Å². The molecule has 0 N–H and O–H groups in total. The minimum absolute atomic E-state index is 0.825. The van der Waals surface area contributed by atoms with E-state index in [-0.39, 0.29) is 0 Å². The molecule has 19 heavy (non-hydrogen) atoms. The Morgan fingerprint density at radius 1 is 0.737 bits per heavy atom. The summed E-state index contributed by atoms with van der Waals surface area (Å²) in [5.74, 6) is 0. The van der Waals surface area contributed by atoms with Gasteiger partial charge >= 0.3 is 22.0 Å². The zero-order chi connectivity index (χ0) is 14.1. The van der Waals surface area contributed by atoms with Crippen molar-refractivity contribution in [2.24, 2.45) is 0 Å². The number of hydrogen-bond acceptors (Lipinski definition) is 6. The van der Waals surface area contributed by atoms with Crippen LogP contribution >= 0.6 is 0 Å². The summed E-state index contributed by atoms with van der Waals surface area (Å²) < 4.78 is 29.2. The third-order valence-corrected chi connectivity index (χ3v) is 2.18. The fourth-order valence-electron chi connectivity index (χ4n) is 1.24. The van der Waals surface area contributed by atoms with Gasteiger partial charge in [0.05, 0.1) is 0 Å². The summed E-state index contributed by atoms with van der Waals surface area (Å²) in [5, 5.41) is 0. The van der Waals surface area contributed by atoms with Crippen molar-refractivity contribution in [2.75, 3.05) is 21.3 Å². The van der Waals surface area contributed by atoms with Gasteiger partial charge in [-0.1, -0.05) is 35.9 Å². The maximum atomic E-state index is 4.95. The Labute approximate surface area is 114 Å². The Morgan fingerprint density at radius 2 is 1.11 bits per heavy atom. The first kappa shape index (κ1) is 16.2. The Kier molecular flexibility index (Phi) is 7.81. The predicted octanol–water partition coefficient (Wildman–Crippen LogP) is 0.939. The Balaban J connectivity index is 0.000000218. The quantitative estimate of drug-likeness (QED) is 0.758. The number of benzene rings is 1. The summed E-state index contributed by atoms with van der Waals surface area (Å²) in [4.78, 5) is 0. The van der Waals surface area contributed by atoms with Crippen LogP contribution in [0.25, 0.3) is 0 Å². The van der Waals surface area contributed by atoms with E-state index >= 15 is 0 Å². The lowest BCUT2D eigenvalue weighted by Gasteiger charge is -2.25. The Morgan fingerprint density at radius 3 is 1.32 bits per heavy atom. The molecule has 9 heteroatoms. The molecule has 0 saturated carbocycles. The summed E-state index contributed by atoms with van der Waals surface area (Å²) in [5.41, 5.74) is 1.32. The molecule has 0 amide bonds. The minimum Gasteiger partial charge on any atom is -0.400 e. The van der Waals surface area contributed by atoms with E-state index in [9.17, 15) is 0 Å². The van der Waals surface area contributed by atoms with E-state index in [1.807, 2.05) is 18.2 Å². The van der Waals surface area contributed by atoms with Gasteiger partial charge in [0.2, 0.25) is 0 Å². The third-order valence-electron chi connectivity index (χ3n) is 2.18. The molecular weight excluding hydrogens is 249 g/mol. The van der Waals surface area contributed by atoms with Gasteiger partial charge in [-0.25, -0.2) is 0 Å². The normalized spacial score (nSPS) is 15.1. The van der Waals surface area contributed by atoms with Gasteiger partial charge in [-0.3, -0.25) is 0 Å². The van der Waals surface area contributed by atoms with Crippen molar-refractivity contribution < 1.29 is 27.7 Å². The molecule has 102 valence electrons. The molecule has 0 spiro atoms. The highest BCUT2D eigenvalue weighted by Gasteiger charge is 2.44. The monoisotopic (exact) mass is 266 g/mol. The van der Waals surface area contributed by atoms with Gasteiger partial charge in [-0.2, -0.15) is 0 Å². The molecule has 1 fully saturated rings. The van der Waals surface area contributed by atoms with Crippen molar-refractivity contribution in [3.63, 3.8) is 0 Å². The molecule has 2 rings (SSSR count). The van der Waals surface area contributed by atoms with Crippen LogP contribution < -0.4 is 0 Å². The molecular formula is C10H17B3O6. The van der Waals surface area contributed by atoms with Gasteiger partial charge in [-0.05, 0) is 6.92 Å². The van der Waals surface area contributed by atoms with Gasteiger partial charge in [-0.15, -0.1) is 0 Å². The molecule has 0 bridgehead atoms. The van der Waals surface area contributed by atoms with Crippen molar-refractivity contribution in [3.8, 4) is 0 Å². The molecule has 1 aromatic rings. The van der Waals surface area contributed by atoms with Crippen LogP contribution in [0, 0.1) is 6.92 Å². The van der Waals surface area contributed by atoms with Crippen molar-refractivity contribution in [1.29, 1.82) is 0 Å². The molecule has 0 atom stereocenters. The first-order chi connectivity index (χ1) is 9.19.